The molecule has 0 spiro atoms. The second kappa shape index (κ2) is 5.07. The second-order valence-electron chi connectivity index (χ2n) is 3.50. The Labute approximate surface area is 103 Å². The van der Waals surface area contributed by atoms with Crippen molar-refractivity contribution in [3.8, 4) is 0 Å². The minimum atomic E-state index is 0.628. The van der Waals surface area contributed by atoms with Gasteiger partial charge in [-0.25, -0.2) is 9.97 Å². The van der Waals surface area contributed by atoms with E-state index in [9.17, 15) is 0 Å². The third-order valence-corrected chi connectivity index (χ3v) is 2.87. The van der Waals surface area contributed by atoms with E-state index in [1.54, 1.807) is 12.4 Å². The predicted octanol–water partition coefficient (Wildman–Crippen LogP) is 3.16. The SMILES string of the molecule is Cc1ccc(Br)c(NCc2ncccn2)c1. The molecule has 0 radical (unpaired) electrons. The second-order valence-corrected chi connectivity index (χ2v) is 4.36. The van der Waals surface area contributed by atoms with Gasteiger partial charge in [-0.15, -0.1) is 0 Å². The lowest BCUT2D eigenvalue weighted by atomic mass is 10.2. The van der Waals surface area contributed by atoms with Gasteiger partial charge >= 0.3 is 0 Å². The fourth-order valence-corrected chi connectivity index (χ4v) is 1.76. The zero-order chi connectivity index (χ0) is 11.4. The molecule has 1 aromatic carbocycles. The Kier molecular flexibility index (Phi) is 3.51. The largest absolute Gasteiger partial charge is 0.377 e. The first kappa shape index (κ1) is 11.1. The topological polar surface area (TPSA) is 37.8 Å². The van der Waals surface area contributed by atoms with E-state index in [0.29, 0.717) is 6.54 Å². The molecule has 0 bridgehead atoms. The summed E-state index contributed by atoms with van der Waals surface area (Å²) in [6.45, 7) is 2.69. The summed E-state index contributed by atoms with van der Waals surface area (Å²) in [5, 5.41) is 3.30. The molecule has 0 atom stereocenters. The summed E-state index contributed by atoms with van der Waals surface area (Å²) >= 11 is 3.50. The van der Waals surface area contributed by atoms with E-state index in [-0.39, 0.29) is 0 Å². The first-order chi connectivity index (χ1) is 7.75. The number of benzene rings is 1. The van der Waals surface area contributed by atoms with Crippen molar-refractivity contribution in [1.29, 1.82) is 0 Å². The molecule has 82 valence electrons. The van der Waals surface area contributed by atoms with Crippen molar-refractivity contribution in [2.75, 3.05) is 5.32 Å². The van der Waals surface area contributed by atoms with Crippen LogP contribution >= 0.6 is 15.9 Å². The molecule has 0 aliphatic carbocycles. The Balaban J connectivity index is 2.08. The van der Waals surface area contributed by atoms with Crippen LogP contribution in [-0.2, 0) is 6.54 Å². The van der Waals surface area contributed by atoms with Gasteiger partial charge in [0.1, 0.15) is 5.82 Å². The summed E-state index contributed by atoms with van der Waals surface area (Å²) < 4.78 is 1.05. The lowest BCUT2D eigenvalue weighted by Gasteiger charge is -2.08. The minimum absolute atomic E-state index is 0.628. The van der Waals surface area contributed by atoms with Crippen LogP contribution in [0.3, 0.4) is 0 Å². The van der Waals surface area contributed by atoms with Crippen LogP contribution in [0, 0.1) is 6.92 Å². The molecule has 0 aliphatic heterocycles. The number of rotatable bonds is 3. The third kappa shape index (κ3) is 2.79. The van der Waals surface area contributed by atoms with Gasteiger partial charge in [0, 0.05) is 22.6 Å². The first-order valence-electron chi connectivity index (χ1n) is 5.01. The highest BCUT2D eigenvalue weighted by Gasteiger charge is 2.00. The molecule has 0 amide bonds. The van der Waals surface area contributed by atoms with Crippen molar-refractivity contribution in [2.45, 2.75) is 13.5 Å². The smallest absolute Gasteiger partial charge is 0.147 e. The van der Waals surface area contributed by atoms with E-state index < -0.39 is 0 Å². The fraction of sp³-hybridized carbons (Fsp3) is 0.167. The van der Waals surface area contributed by atoms with E-state index in [4.69, 9.17) is 0 Å². The number of hydrogen-bond donors (Lipinski definition) is 1. The van der Waals surface area contributed by atoms with Crippen molar-refractivity contribution < 1.29 is 0 Å². The molecule has 16 heavy (non-hydrogen) atoms. The zero-order valence-electron chi connectivity index (χ0n) is 8.94. The lowest BCUT2D eigenvalue weighted by molar-refractivity contribution is 0.947. The summed E-state index contributed by atoms with van der Waals surface area (Å²) in [7, 11) is 0. The van der Waals surface area contributed by atoms with Crippen LogP contribution in [0.4, 0.5) is 5.69 Å². The Morgan fingerprint density at radius 3 is 2.75 bits per heavy atom. The van der Waals surface area contributed by atoms with Gasteiger partial charge in [-0.2, -0.15) is 0 Å². The van der Waals surface area contributed by atoms with Crippen LogP contribution in [0.15, 0.2) is 41.1 Å². The van der Waals surface area contributed by atoms with Crippen LogP contribution in [0.5, 0.6) is 0 Å². The molecule has 4 heteroatoms. The Morgan fingerprint density at radius 1 is 1.25 bits per heavy atom. The zero-order valence-corrected chi connectivity index (χ0v) is 10.5. The average molecular weight is 278 g/mol. The summed E-state index contributed by atoms with van der Waals surface area (Å²) in [4.78, 5) is 8.31. The highest BCUT2D eigenvalue weighted by atomic mass is 79.9. The maximum absolute atomic E-state index is 4.16. The average Bonchev–Trinajstić information content (AvgIpc) is 2.32. The molecule has 2 aromatic rings. The van der Waals surface area contributed by atoms with E-state index >= 15 is 0 Å². The van der Waals surface area contributed by atoms with E-state index in [1.165, 1.54) is 5.56 Å². The van der Waals surface area contributed by atoms with Crippen LogP contribution in [0.25, 0.3) is 0 Å². The summed E-state index contributed by atoms with van der Waals surface area (Å²) in [6.07, 6.45) is 3.49. The van der Waals surface area contributed by atoms with Crippen LogP contribution in [0.1, 0.15) is 11.4 Å². The van der Waals surface area contributed by atoms with Crippen LogP contribution in [0.2, 0.25) is 0 Å². The normalized spacial score (nSPS) is 10.1. The molecule has 2 rings (SSSR count). The molecule has 0 unspecified atom stereocenters. The van der Waals surface area contributed by atoms with Crippen molar-refractivity contribution >= 4 is 21.6 Å². The van der Waals surface area contributed by atoms with Crippen molar-refractivity contribution in [1.82, 2.24) is 9.97 Å². The predicted molar refractivity (Wildman–Crippen MR) is 68.2 cm³/mol. The Morgan fingerprint density at radius 2 is 2.00 bits per heavy atom. The highest BCUT2D eigenvalue weighted by molar-refractivity contribution is 9.10. The first-order valence-corrected chi connectivity index (χ1v) is 5.81. The van der Waals surface area contributed by atoms with Gasteiger partial charge < -0.3 is 5.32 Å². The molecule has 0 saturated carbocycles. The van der Waals surface area contributed by atoms with Gasteiger partial charge in [0.15, 0.2) is 0 Å². The van der Waals surface area contributed by atoms with Gasteiger partial charge in [-0.1, -0.05) is 6.07 Å². The summed E-state index contributed by atoms with van der Waals surface area (Å²) in [5.41, 5.74) is 2.28. The quantitative estimate of drug-likeness (QED) is 0.937. The molecule has 0 saturated heterocycles. The maximum Gasteiger partial charge on any atom is 0.147 e. The van der Waals surface area contributed by atoms with Crippen LogP contribution < -0.4 is 5.32 Å². The Bertz CT molecular complexity index is 471. The molecule has 1 heterocycles. The minimum Gasteiger partial charge on any atom is -0.377 e. The number of aryl methyl sites for hydroxylation is 1. The number of halogens is 1. The molecule has 3 nitrogen and oxygen atoms in total. The summed E-state index contributed by atoms with van der Waals surface area (Å²) in [6, 6.07) is 8.00. The summed E-state index contributed by atoms with van der Waals surface area (Å²) in [5.74, 6) is 0.788. The molecule has 0 aliphatic rings. The lowest BCUT2D eigenvalue weighted by Crippen LogP contribution is -2.04. The van der Waals surface area contributed by atoms with Gasteiger partial charge in [0.25, 0.3) is 0 Å². The monoisotopic (exact) mass is 277 g/mol. The number of nitrogens with zero attached hydrogens (tertiary/aromatic N) is 2. The van der Waals surface area contributed by atoms with Crippen molar-refractivity contribution in [3.63, 3.8) is 0 Å². The maximum atomic E-state index is 4.16. The standard InChI is InChI=1S/C12H12BrN3/c1-9-3-4-10(13)11(7-9)16-8-12-14-5-2-6-15-12/h2-7,16H,8H2,1H3. The fourth-order valence-electron chi connectivity index (χ4n) is 1.37. The molecule has 1 N–H and O–H groups in total. The van der Waals surface area contributed by atoms with Gasteiger partial charge in [0.2, 0.25) is 0 Å². The molecule has 0 fully saturated rings. The van der Waals surface area contributed by atoms with Gasteiger partial charge in [-0.05, 0) is 46.6 Å². The molecule has 1 aromatic heterocycles. The van der Waals surface area contributed by atoms with Crippen molar-refractivity contribution in [2.24, 2.45) is 0 Å². The molecular formula is C12H12BrN3. The number of anilines is 1. The number of aromatic nitrogens is 2. The third-order valence-electron chi connectivity index (χ3n) is 2.18. The molecular weight excluding hydrogens is 266 g/mol. The van der Waals surface area contributed by atoms with E-state index in [0.717, 1.165) is 16.0 Å². The van der Waals surface area contributed by atoms with E-state index in [2.05, 4.69) is 50.3 Å². The highest BCUT2D eigenvalue weighted by Crippen LogP contribution is 2.23. The van der Waals surface area contributed by atoms with E-state index in [1.807, 2.05) is 12.1 Å². The van der Waals surface area contributed by atoms with Gasteiger partial charge in [0.05, 0.1) is 6.54 Å². The Hall–Kier alpha value is -1.42. The number of nitrogens with one attached hydrogen (secondary N) is 1. The van der Waals surface area contributed by atoms with Crippen molar-refractivity contribution in [3.05, 3.63) is 52.5 Å². The number of hydrogen-bond acceptors (Lipinski definition) is 3. The van der Waals surface area contributed by atoms with Crippen LogP contribution in [-0.4, -0.2) is 9.97 Å². The van der Waals surface area contributed by atoms with Gasteiger partial charge in [-0.3, -0.25) is 0 Å².